The van der Waals surface area contributed by atoms with E-state index in [0.29, 0.717) is 40.2 Å². The molecule has 0 atom stereocenters. The minimum atomic E-state index is -3.92. The van der Waals surface area contributed by atoms with Crippen molar-refractivity contribution in [1.82, 2.24) is 14.4 Å². The quantitative estimate of drug-likeness (QED) is 0.312. The molecule has 4 rings (SSSR count). The third-order valence-electron chi connectivity index (χ3n) is 5.28. The van der Waals surface area contributed by atoms with Crippen LogP contribution < -0.4 is 10.3 Å². The Morgan fingerprint density at radius 3 is 2.61 bits per heavy atom. The van der Waals surface area contributed by atoms with Crippen molar-refractivity contribution in [2.24, 2.45) is 5.10 Å². The molecule has 2 aromatic heterocycles. The maximum Gasteiger partial charge on any atom is 0.282 e. The number of rotatable bonds is 8. The lowest BCUT2D eigenvalue weighted by molar-refractivity contribution is -0.117. The summed E-state index contributed by atoms with van der Waals surface area (Å²) in [5, 5.41) is 4.83. The Hall–Kier alpha value is -3.57. The van der Waals surface area contributed by atoms with Gasteiger partial charge < -0.3 is 4.42 Å². The normalized spacial score (nSPS) is 11.9. The summed E-state index contributed by atoms with van der Waals surface area (Å²) >= 11 is 3.40. The molecule has 1 N–H and O–H groups in total. The van der Waals surface area contributed by atoms with Gasteiger partial charge in [-0.25, -0.2) is 18.1 Å². The first-order valence-electron chi connectivity index (χ1n) is 11.2. The average Bonchev–Trinajstić information content (AvgIpc) is 3.31. The topological polar surface area (TPSA) is 124 Å². The van der Waals surface area contributed by atoms with Gasteiger partial charge in [-0.2, -0.15) is 9.78 Å². The van der Waals surface area contributed by atoms with E-state index in [4.69, 9.17) is 4.42 Å². The number of halogens is 1. The molecule has 4 aromatic rings. The number of amides is 1. The summed E-state index contributed by atoms with van der Waals surface area (Å²) in [5.74, 6) is 0.789. The van der Waals surface area contributed by atoms with Crippen LogP contribution in [0, 0.1) is 0 Å². The zero-order chi connectivity index (χ0) is 25.9. The Bertz CT molecular complexity index is 1620. The fourth-order valence-corrected chi connectivity index (χ4v) is 4.90. The van der Waals surface area contributed by atoms with E-state index < -0.39 is 15.9 Å². The highest BCUT2D eigenvalue weighted by Crippen LogP contribution is 2.23. The molecule has 0 aliphatic heterocycles. The van der Waals surface area contributed by atoms with E-state index in [-0.39, 0.29) is 10.5 Å². The van der Waals surface area contributed by atoms with Gasteiger partial charge in [-0.1, -0.05) is 29.3 Å². The predicted molar refractivity (Wildman–Crippen MR) is 140 cm³/mol. The molecule has 0 saturated heterocycles. The number of nitrogens with one attached hydrogen (secondary N) is 1. The fourth-order valence-electron chi connectivity index (χ4n) is 3.55. The maximum absolute atomic E-state index is 13.2. The second-order valence-corrected chi connectivity index (χ2v) is 10.6. The van der Waals surface area contributed by atoms with Crippen LogP contribution in [0.25, 0.3) is 22.2 Å². The Balaban J connectivity index is 1.63. The Morgan fingerprint density at radius 2 is 1.92 bits per heavy atom. The minimum Gasteiger partial charge on any atom is -0.455 e. The molecule has 0 bridgehead atoms. The van der Waals surface area contributed by atoms with Gasteiger partial charge in [0.15, 0.2) is 0 Å². The second-order valence-electron chi connectivity index (χ2n) is 8.04. The highest BCUT2D eigenvalue weighted by molar-refractivity contribution is 9.10. The number of furan rings is 1. The molecule has 0 fully saturated rings. The van der Waals surface area contributed by atoms with Gasteiger partial charge >= 0.3 is 0 Å². The molecule has 0 aliphatic rings. The van der Waals surface area contributed by atoms with Crippen LogP contribution in [0.4, 0.5) is 0 Å². The average molecular weight is 571 g/mol. The molecule has 0 saturated carbocycles. The van der Waals surface area contributed by atoms with Crippen LogP contribution >= 0.6 is 15.9 Å². The molecule has 186 valence electrons. The van der Waals surface area contributed by atoms with E-state index in [2.05, 4.69) is 32.9 Å². The number of nitrogens with zero attached hydrogens (tertiary/aromatic N) is 3. The Morgan fingerprint density at radius 1 is 1.17 bits per heavy atom. The molecular weight excluding hydrogens is 548 g/mol. The summed E-state index contributed by atoms with van der Waals surface area (Å²) in [5.41, 5.74) is 0.978. The predicted octanol–water partition coefficient (Wildman–Crippen LogP) is 4.47. The van der Waals surface area contributed by atoms with E-state index in [9.17, 15) is 18.0 Å². The molecule has 0 aliphatic carbocycles. The van der Waals surface area contributed by atoms with Crippen LogP contribution in [0.15, 0.2) is 78.3 Å². The summed E-state index contributed by atoms with van der Waals surface area (Å²) in [6, 6.07) is 14.7. The summed E-state index contributed by atoms with van der Waals surface area (Å²) in [4.78, 5) is 28.9. The number of fused-ring (bicyclic) bond motifs is 1. The lowest BCUT2D eigenvalue weighted by Gasteiger charge is -2.09. The Kier molecular flexibility index (Phi) is 7.51. The van der Waals surface area contributed by atoms with Crippen molar-refractivity contribution in [3.05, 3.63) is 81.0 Å². The minimum absolute atomic E-state index is 0.0378. The number of benzene rings is 2. The van der Waals surface area contributed by atoms with Crippen LogP contribution in [0.3, 0.4) is 0 Å². The zero-order valence-corrected chi connectivity index (χ0v) is 22.0. The first-order valence-corrected chi connectivity index (χ1v) is 13.4. The van der Waals surface area contributed by atoms with Gasteiger partial charge in [0.05, 0.1) is 22.0 Å². The van der Waals surface area contributed by atoms with Crippen LogP contribution in [0.5, 0.6) is 0 Å². The monoisotopic (exact) mass is 570 g/mol. The molecule has 11 heteroatoms. The van der Waals surface area contributed by atoms with Gasteiger partial charge in [-0.3, -0.25) is 9.59 Å². The molecule has 1 amide bonds. The van der Waals surface area contributed by atoms with E-state index in [1.165, 1.54) is 23.0 Å². The largest absolute Gasteiger partial charge is 0.455 e. The molecule has 2 aromatic carbocycles. The number of aromatic nitrogens is 2. The number of sulfonamides is 1. The summed E-state index contributed by atoms with van der Waals surface area (Å²) in [7, 11) is -3.92. The zero-order valence-electron chi connectivity index (χ0n) is 19.6. The van der Waals surface area contributed by atoms with E-state index in [0.717, 1.165) is 24.2 Å². The van der Waals surface area contributed by atoms with Crippen molar-refractivity contribution >= 4 is 49.0 Å². The Labute approximate surface area is 216 Å². The molecule has 0 spiro atoms. The van der Waals surface area contributed by atoms with Gasteiger partial charge in [-0.05, 0) is 61.0 Å². The summed E-state index contributed by atoms with van der Waals surface area (Å²) in [6.07, 6.45) is 3.86. The molecule has 9 nitrogen and oxygen atoms in total. The second kappa shape index (κ2) is 10.6. The fraction of sp³-hybridized carbons (Fsp3) is 0.200. The number of unbranched alkanes of at least 4 members (excludes halogenated alkanes) is 1. The van der Waals surface area contributed by atoms with Gasteiger partial charge in [0.1, 0.15) is 17.3 Å². The van der Waals surface area contributed by atoms with Crippen molar-refractivity contribution in [2.75, 3.05) is 0 Å². The van der Waals surface area contributed by atoms with Crippen molar-refractivity contribution in [1.29, 1.82) is 0 Å². The van der Waals surface area contributed by atoms with Gasteiger partial charge in [0, 0.05) is 23.4 Å². The first kappa shape index (κ1) is 25.5. The summed E-state index contributed by atoms with van der Waals surface area (Å²) < 4.78 is 34.1. The summed E-state index contributed by atoms with van der Waals surface area (Å²) in [6.45, 7) is 3.20. The van der Waals surface area contributed by atoms with Crippen molar-refractivity contribution < 1.29 is 17.6 Å². The third-order valence-corrected chi connectivity index (χ3v) is 7.23. The molecule has 0 unspecified atom stereocenters. The maximum atomic E-state index is 13.2. The lowest BCUT2D eigenvalue weighted by Crippen LogP contribution is -2.28. The van der Waals surface area contributed by atoms with E-state index in [1.807, 2.05) is 10.8 Å². The molecule has 2 heterocycles. The van der Waals surface area contributed by atoms with Gasteiger partial charge in [0.2, 0.25) is 5.91 Å². The van der Waals surface area contributed by atoms with E-state index in [1.54, 1.807) is 36.4 Å². The number of carbonyl (C=O) groups is 1. The van der Waals surface area contributed by atoms with Crippen LogP contribution in [0.1, 0.15) is 38.3 Å². The van der Waals surface area contributed by atoms with Crippen LogP contribution in [-0.4, -0.2) is 30.2 Å². The smallest absolute Gasteiger partial charge is 0.282 e. The number of hydrogen-bond donors (Lipinski definition) is 1. The number of hydrogen-bond acceptors (Lipinski definition) is 7. The number of carbonyl (C=O) groups excluding carboxylic acids is 1. The highest BCUT2D eigenvalue weighted by atomic mass is 79.9. The highest BCUT2D eigenvalue weighted by Gasteiger charge is 2.16. The van der Waals surface area contributed by atoms with Crippen LogP contribution in [0.2, 0.25) is 0 Å². The first-order chi connectivity index (χ1) is 17.2. The van der Waals surface area contributed by atoms with Crippen molar-refractivity contribution in [2.45, 2.75) is 38.0 Å². The lowest BCUT2D eigenvalue weighted by atomic mass is 10.2. The molecule has 0 radical (unpaired) electrons. The van der Waals surface area contributed by atoms with Crippen LogP contribution in [-0.2, 0) is 21.2 Å². The standard InChI is InChI=1S/C25H23BrN4O5S/c1-3-4-5-24-28-22-12-8-18(26)14-21(22)25(32)30(24)27-15-19-9-13-23(35-19)17-6-10-20(11-7-17)36(33,34)29-16(2)31/h6-15H,3-5H2,1-2H3,(H,29,31). The SMILES string of the molecule is CCCCc1nc2ccc(Br)cc2c(=O)n1N=Cc1ccc(-c2ccc(S(=O)(=O)NC(C)=O)cc2)o1. The van der Waals surface area contributed by atoms with Crippen molar-refractivity contribution in [3.8, 4) is 11.3 Å². The third kappa shape index (κ3) is 5.63. The number of aryl methyl sites for hydroxylation is 1. The van der Waals surface area contributed by atoms with Gasteiger partial charge in [0.25, 0.3) is 15.6 Å². The van der Waals surface area contributed by atoms with E-state index >= 15 is 0 Å². The van der Waals surface area contributed by atoms with Gasteiger partial charge in [-0.15, -0.1) is 0 Å². The van der Waals surface area contributed by atoms with Crippen molar-refractivity contribution in [3.63, 3.8) is 0 Å². The molecular formula is C25H23BrN4O5S. The molecule has 36 heavy (non-hydrogen) atoms.